The number of aromatic nitrogens is 2. The monoisotopic (exact) mass is 261 g/mol. The van der Waals surface area contributed by atoms with Gasteiger partial charge in [-0.1, -0.05) is 6.07 Å². The molecule has 0 amide bonds. The van der Waals surface area contributed by atoms with Gasteiger partial charge in [-0.3, -0.25) is 0 Å². The summed E-state index contributed by atoms with van der Waals surface area (Å²) in [5.41, 5.74) is 2.77. The summed E-state index contributed by atoms with van der Waals surface area (Å²) < 4.78 is 2.44. The number of hydrogen-bond acceptors (Lipinski definition) is 3. The van der Waals surface area contributed by atoms with E-state index in [0.29, 0.717) is 0 Å². The SMILES string of the molecule is CNCCc1nc(-c2cccs2)n2c1CCCC2. The molecule has 0 saturated heterocycles. The fourth-order valence-electron chi connectivity index (χ4n) is 2.66. The van der Waals surface area contributed by atoms with Gasteiger partial charge in [0.2, 0.25) is 0 Å². The van der Waals surface area contributed by atoms with E-state index < -0.39 is 0 Å². The van der Waals surface area contributed by atoms with Crippen LogP contribution in [0.5, 0.6) is 0 Å². The van der Waals surface area contributed by atoms with E-state index in [0.717, 1.165) is 19.5 Å². The largest absolute Gasteiger partial charge is 0.327 e. The van der Waals surface area contributed by atoms with Gasteiger partial charge < -0.3 is 9.88 Å². The van der Waals surface area contributed by atoms with Crippen molar-refractivity contribution in [3.63, 3.8) is 0 Å². The molecule has 4 heteroatoms. The highest BCUT2D eigenvalue weighted by Crippen LogP contribution is 2.30. The molecule has 1 aliphatic rings. The zero-order chi connectivity index (χ0) is 12.4. The van der Waals surface area contributed by atoms with Gasteiger partial charge in [-0.15, -0.1) is 11.3 Å². The lowest BCUT2D eigenvalue weighted by Gasteiger charge is -2.17. The molecule has 0 aliphatic carbocycles. The van der Waals surface area contributed by atoms with E-state index in [2.05, 4.69) is 27.4 Å². The van der Waals surface area contributed by atoms with Crippen molar-refractivity contribution in [2.45, 2.75) is 32.2 Å². The predicted molar refractivity (Wildman–Crippen MR) is 76.1 cm³/mol. The summed E-state index contributed by atoms with van der Waals surface area (Å²) >= 11 is 1.79. The molecule has 3 heterocycles. The van der Waals surface area contributed by atoms with Crippen LogP contribution in [0.1, 0.15) is 24.2 Å². The zero-order valence-electron chi connectivity index (χ0n) is 10.8. The van der Waals surface area contributed by atoms with Crippen LogP contribution in [0.4, 0.5) is 0 Å². The summed E-state index contributed by atoms with van der Waals surface area (Å²) in [5, 5.41) is 5.35. The fraction of sp³-hybridized carbons (Fsp3) is 0.500. The maximum Gasteiger partial charge on any atom is 0.150 e. The summed E-state index contributed by atoms with van der Waals surface area (Å²) in [6.07, 6.45) is 4.82. The predicted octanol–water partition coefficient (Wildman–Crippen LogP) is 2.71. The number of thiophene rings is 1. The number of rotatable bonds is 4. The van der Waals surface area contributed by atoms with E-state index in [-0.39, 0.29) is 0 Å². The minimum absolute atomic E-state index is 1.01. The molecule has 0 saturated carbocycles. The first-order chi connectivity index (χ1) is 8.90. The van der Waals surface area contributed by atoms with Crippen LogP contribution < -0.4 is 5.32 Å². The van der Waals surface area contributed by atoms with Crippen molar-refractivity contribution in [3.05, 3.63) is 28.9 Å². The Balaban J connectivity index is 2.01. The lowest BCUT2D eigenvalue weighted by atomic mass is 10.1. The summed E-state index contributed by atoms with van der Waals surface area (Å²) in [6.45, 7) is 2.14. The molecular weight excluding hydrogens is 242 g/mol. The summed E-state index contributed by atoms with van der Waals surface area (Å²) in [7, 11) is 2.00. The van der Waals surface area contributed by atoms with Gasteiger partial charge in [-0.25, -0.2) is 4.98 Å². The maximum absolute atomic E-state index is 4.91. The number of likely N-dealkylation sites (N-methyl/N-ethyl adjacent to an activating group) is 1. The van der Waals surface area contributed by atoms with Gasteiger partial charge in [-0.2, -0.15) is 0 Å². The third-order valence-corrected chi connectivity index (χ3v) is 4.42. The standard InChI is InChI=1S/C14H19N3S/c1-15-8-7-11-12-5-2-3-9-17(12)14(16-11)13-6-4-10-18-13/h4,6,10,15H,2-3,5,7-9H2,1H3. The van der Waals surface area contributed by atoms with Crippen LogP contribution >= 0.6 is 11.3 Å². The molecule has 1 N–H and O–H groups in total. The van der Waals surface area contributed by atoms with E-state index in [1.165, 1.54) is 41.4 Å². The van der Waals surface area contributed by atoms with Crippen LogP contribution in [0.25, 0.3) is 10.7 Å². The van der Waals surface area contributed by atoms with Crippen molar-refractivity contribution in [1.29, 1.82) is 0 Å². The lowest BCUT2D eigenvalue weighted by molar-refractivity contribution is 0.533. The first-order valence-corrected chi connectivity index (χ1v) is 7.55. The van der Waals surface area contributed by atoms with Gasteiger partial charge in [0, 0.05) is 25.2 Å². The minimum Gasteiger partial charge on any atom is -0.327 e. The van der Waals surface area contributed by atoms with Gasteiger partial charge in [0.15, 0.2) is 5.82 Å². The van der Waals surface area contributed by atoms with Crippen LogP contribution in [-0.4, -0.2) is 23.1 Å². The molecular formula is C14H19N3S. The zero-order valence-corrected chi connectivity index (χ0v) is 11.6. The Hall–Kier alpha value is -1.13. The van der Waals surface area contributed by atoms with Crippen molar-refractivity contribution >= 4 is 11.3 Å². The minimum atomic E-state index is 1.01. The molecule has 0 bridgehead atoms. The normalized spacial score (nSPS) is 14.7. The number of nitrogens with zero attached hydrogens (tertiary/aromatic N) is 2. The summed E-state index contributed by atoms with van der Waals surface area (Å²) in [4.78, 5) is 6.21. The van der Waals surface area contributed by atoms with E-state index in [1.807, 2.05) is 7.05 Å². The topological polar surface area (TPSA) is 29.9 Å². The van der Waals surface area contributed by atoms with Gasteiger partial charge in [0.1, 0.15) is 0 Å². The third-order valence-electron chi connectivity index (χ3n) is 3.55. The number of hydrogen-bond donors (Lipinski definition) is 1. The Labute approximate surface area is 112 Å². The molecule has 1 aliphatic heterocycles. The van der Waals surface area contributed by atoms with Gasteiger partial charge in [0.25, 0.3) is 0 Å². The van der Waals surface area contributed by atoms with E-state index in [1.54, 1.807) is 11.3 Å². The number of nitrogens with one attached hydrogen (secondary N) is 1. The first kappa shape index (κ1) is 11.9. The molecule has 18 heavy (non-hydrogen) atoms. The molecule has 3 rings (SSSR count). The van der Waals surface area contributed by atoms with Crippen LogP contribution in [-0.2, 0) is 19.4 Å². The van der Waals surface area contributed by atoms with Crippen LogP contribution in [0.3, 0.4) is 0 Å². The Bertz CT molecular complexity index is 513. The summed E-state index contributed by atoms with van der Waals surface area (Å²) in [5.74, 6) is 1.19. The number of fused-ring (bicyclic) bond motifs is 1. The Kier molecular flexibility index (Phi) is 3.48. The second-order valence-electron chi connectivity index (χ2n) is 4.77. The van der Waals surface area contributed by atoms with Crippen molar-refractivity contribution < 1.29 is 0 Å². The lowest BCUT2D eigenvalue weighted by Crippen LogP contribution is -2.14. The third kappa shape index (κ3) is 2.10. The van der Waals surface area contributed by atoms with Gasteiger partial charge >= 0.3 is 0 Å². The molecule has 0 unspecified atom stereocenters. The highest BCUT2D eigenvalue weighted by molar-refractivity contribution is 7.13. The van der Waals surface area contributed by atoms with E-state index in [9.17, 15) is 0 Å². The molecule has 2 aromatic rings. The smallest absolute Gasteiger partial charge is 0.150 e. The van der Waals surface area contributed by atoms with E-state index in [4.69, 9.17) is 4.98 Å². The molecule has 0 fully saturated rings. The first-order valence-electron chi connectivity index (χ1n) is 6.67. The fourth-order valence-corrected chi connectivity index (χ4v) is 3.38. The Morgan fingerprint density at radius 3 is 3.17 bits per heavy atom. The molecule has 0 atom stereocenters. The maximum atomic E-state index is 4.91. The molecule has 0 spiro atoms. The highest BCUT2D eigenvalue weighted by Gasteiger charge is 2.20. The number of imidazole rings is 1. The highest BCUT2D eigenvalue weighted by atomic mass is 32.1. The Morgan fingerprint density at radius 2 is 2.39 bits per heavy atom. The second kappa shape index (κ2) is 5.24. The quantitative estimate of drug-likeness (QED) is 0.917. The van der Waals surface area contributed by atoms with E-state index >= 15 is 0 Å². The van der Waals surface area contributed by atoms with Gasteiger partial charge in [0.05, 0.1) is 10.6 Å². The molecule has 3 nitrogen and oxygen atoms in total. The van der Waals surface area contributed by atoms with Crippen LogP contribution in [0, 0.1) is 0 Å². The van der Waals surface area contributed by atoms with Crippen LogP contribution in [0.2, 0.25) is 0 Å². The molecule has 0 aromatic carbocycles. The van der Waals surface area contributed by atoms with Gasteiger partial charge in [-0.05, 0) is 37.8 Å². The van der Waals surface area contributed by atoms with Crippen molar-refractivity contribution in [2.75, 3.05) is 13.6 Å². The van der Waals surface area contributed by atoms with Crippen molar-refractivity contribution in [2.24, 2.45) is 0 Å². The Morgan fingerprint density at radius 1 is 1.44 bits per heavy atom. The second-order valence-corrected chi connectivity index (χ2v) is 5.72. The van der Waals surface area contributed by atoms with Crippen LogP contribution in [0.15, 0.2) is 17.5 Å². The average Bonchev–Trinajstić information content (AvgIpc) is 3.04. The molecule has 96 valence electrons. The average molecular weight is 261 g/mol. The van der Waals surface area contributed by atoms with Crippen molar-refractivity contribution in [3.8, 4) is 10.7 Å². The van der Waals surface area contributed by atoms with Crippen molar-refractivity contribution in [1.82, 2.24) is 14.9 Å². The molecule has 0 radical (unpaired) electrons. The summed E-state index contributed by atoms with van der Waals surface area (Å²) in [6, 6.07) is 4.29. The molecule has 2 aromatic heterocycles.